The van der Waals surface area contributed by atoms with Gasteiger partial charge in [-0.25, -0.2) is 0 Å². The highest BCUT2D eigenvalue weighted by molar-refractivity contribution is 7.61. The Labute approximate surface area is 129 Å². The molecule has 0 saturated heterocycles. The maximum absolute atomic E-state index is 9.23. The second-order valence-corrected chi connectivity index (χ2v) is 7.21. The fourth-order valence-corrected chi connectivity index (χ4v) is 3.25. The molecule has 21 heavy (non-hydrogen) atoms. The highest BCUT2D eigenvalue weighted by Crippen LogP contribution is 2.60. The summed E-state index contributed by atoms with van der Waals surface area (Å²) in [7, 11) is -3.00. The molecular formula is C14H32O6P+. The maximum Gasteiger partial charge on any atom is 0.443 e. The van der Waals surface area contributed by atoms with E-state index in [4.69, 9.17) is 23.8 Å². The first-order chi connectivity index (χ1) is 10.2. The minimum absolute atomic E-state index is 0.393. The summed E-state index contributed by atoms with van der Waals surface area (Å²) in [5.74, 6) is 0. The van der Waals surface area contributed by atoms with Crippen molar-refractivity contribution < 1.29 is 28.9 Å². The van der Waals surface area contributed by atoms with Crippen LogP contribution in [0, 0.1) is 0 Å². The van der Waals surface area contributed by atoms with Gasteiger partial charge < -0.3 is 15.3 Å². The zero-order valence-electron chi connectivity index (χ0n) is 13.2. The molecule has 128 valence electrons. The normalized spacial score (nSPS) is 12.0. The lowest BCUT2D eigenvalue weighted by Gasteiger charge is -2.18. The van der Waals surface area contributed by atoms with Crippen molar-refractivity contribution in [3.8, 4) is 0 Å². The third kappa shape index (κ3) is 11.4. The summed E-state index contributed by atoms with van der Waals surface area (Å²) in [5, 5.41) is 26.8. The fourth-order valence-electron chi connectivity index (χ4n) is 2.03. The van der Waals surface area contributed by atoms with E-state index >= 15 is 0 Å². The molecule has 6 nitrogen and oxygen atoms in total. The summed E-state index contributed by atoms with van der Waals surface area (Å²) < 4.78 is 15.2. The van der Waals surface area contributed by atoms with Crippen molar-refractivity contribution in [2.45, 2.75) is 64.7 Å². The topological polar surface area (TPSA) is 88.4 Å². The molecule has 0 fully saturated rings. The molecule has 0 amide bonds. The van der Waals surface area contributed by atoms with E-state index < -0.39 is 27.9 Å². The van der Waals surface area contributed by atoms with Gasteiger partial charge in [0.15, 0.2) is 13.6 Å². The molecule has 0 unspecified atom stereocenters. The molecule has 0 aromatic rings. The minimum Gasteiger partial charge on any atom is -0.367 e. The van der Waals surface area contributed by atoms with Gasteiger partial charge in [-0.3, -0.25) is 0 Å². The summed E-state index contributed by atoms with van der Waals surface area (Å²) >= 11 is 0. The van der Waals surface area contributed by atoms with E-state index in [1.165, 1.54) is 44.9 Å². The Kier molecular flexibility index (Phi) is 15.2. The minimum atomic E-state index is -3.00. The van der Waals surface area contributed by atoms with Crippen LogP contribution in [0.5, 0.6) is 0 Å². The highest BCUT2D eigenvalue weighted by Gasteiger charge is 2.45. The number of unbranched alkanes of at least 4 members (excludes halogenated alkanes) is 8. The maximum atomic E-state index is 9.23. The van der Waals surface area contributed by atoms with Gasteiger partial charge in [0.2, 0.25) is 6.35 Å². The third-order valence-corrected chi connectivity index (χ3v) is 5.16. The van der Waals surface area contributed by atoms with Gasteiger partial charge in [-0.2, -0.15) is 4.52 Å². The second kappa shape index (κ2) is 15.1. The lowest BCUT2D eigenvalue weighted by molar-refractivity contribution is 0.00584. The van der Waals surface area contributed by atoms with Crippen LogP contribution in [0.1, 0.15) is 64.7 Å². The number of aliphatic hydroxyl groups excluding tert-OH is 3. The molecule has 0 aliphatic heterocycles. The van der Waals surface area contributed by atoms with Crippen molar-refractivity contribution in [3.63, 3.8) is 0 Å². The number of hydrogen-bond donors (Lipinski definition) is 3. The largest absolute Gasteiger partial charge is 0.443 e. The first-order valence-electron chi connectivity index (χ1n) is 7.89. The molecule has 0 atom stereocenters. The quantitative estimate of drug-likeness (QED) is 0.229. The average molecular weight is 327 g/mol. The molecule has 0 aliphatic rings. The van der Waals surface area contributed by atoms with Crippen molar-refractivity contribution in [1.82, 2.24) is 0 Å². The van der Waals surface area contributed by atoms with Gasteiger partial charge in [0.1, 0.15) is 0 Å². The fraction of sp³-hybridized carbons (Fsp3) is 1.00. The van der Waals surface area contributed by atoms with Gasteiger partial charge in [-0.1, -0.05) is 58.3 Å². The Morgan fingerprint density at radius 1 is 0.667 bits per heavy atom. The van der Waals surface area contributed by atoms with Crippen LogP contribution in [0.2, 0.25) is 0 Å². The van der Waals surface area contributed by atoms with Crippen LogP contribution >= 0.6 is 7.94 Å². The summed E-state index contributed by atoms with van der Waals surface area (Å²) in [5.41, 5.74) is 0. The molecule has 0 radical (unpaired) electrons. The van der Waals surface area contributed by atoms with Crippen LogP contribution in [-0.2, 0) is 13.6 Å². The molecule has 0 spiro atoms. The number of aliphatic hydroxyl groups is 3. The summed E-state index contributed by atoms with van der Waals surface area (Å²) in [6, 6.07) is 0. The smallest absolute Gasteiger partial charge is 0.367 e. The summed E-state index contributed by atoms with van der Waals surface area (Å²) in [4.78, 5) is 0. The van der Waals surface area contributed by atoms with E-state index in [-0.39, 0.29) is 0 Å². The molecular weight excluding hydrogens is 295 g/mol. The number of rotatable bonds is 16. The van der Waals surface area contributed by atoms with Gasteiger partial charge >= 0.3 is 7.94 Å². The zero-order chi connectivity index (χ0) is 15.8. The molecule has 0 aromatic carbocycles. The van der Waals surface area contributed by atoms with Crippen molar-refractivity contribution in [2.24, 2.45) is 0 Å². The monoisotopic (exact) mass is 327 g/mol. The standard InChI is InChI=1S/C14H32O6P/c1-2-3-4-5-6-7-8-9-10-11-18-21(14-17,19-12-15)20-13-16/h15-17H,2-14H2,1H3/q+1. The molecule has 3 N–H and O–H groups in total. The predicted octanol–water partition coefficient (Wildman–Crippen LogP) is 3.18. The lowest BCUT2D eigenvalue weighted by atomic mass is 10.1. The van der Waals surface area contributed by atoms with Crippen LogP contribution in [0.4, 0.5) is 0 Å². The Balaban J connectivity index is 3.57. The van der Waals surface area contributed by atoms with Gasteiger partial charge in [0, 0.05) is 0 Å². The Hall–Kier alpha value is 0.190. The van der Waals surface area contributed by atoms with E-state index in [0.29, 0.717) is 6.61 Å². The predicted molar refractivity (Wildman–Crippen MR) is 83.5 cm³/mol. The Morgan fingerprint density at radius 3 is 1.57 bits per heavy atom. The van der Waals surface area contributed by atoms with E-state index in [1.54, 1.807) is 0 Å². The van der Waals surface area contributed by atoms with Gasteiger partial charge in [0.25, 0.3) is 0 Å². The van der Waals surface area contributed by atoms with E-state index in [2.05, 4.69) is 6.92 Å². The molecule has 0 aromatic heterocycles. The first-order valence-corrected chi connectivity index (χ1v) is 9.61. The zero-order valence-corrected chi connectivity index (χ0v) is 14.1. The van der Waals surface area contributed by atoms with Gasteiger partial charge in [-0.05, 0) is 6.42 Å². The van der Waals surface area contributed by atoms with Crippen molar-refractivity contribution >= 4 is 7.94 Å². The van der Waals surface area contributed by atoms with E-state index in [0.717, 1.165) is 12.8 Å². The van der Waals surface area contributed by atoms with Gasteiger partial charge in [0.05, 0.1) is 6.61 Å². The van der Waals surface area contributed by atoms with Crippen LogP contribution in [0.25, 0.3) is 0 Å². The molecule has 7 heteroatoms. The SMILES string of the molecule is CCCCCCCCCCCO[P+](CO)(OCO)OCO. The highest BCUT2D eigenvalue weighted by atomic mass is 31.2. The Morgan fingerprint density at radius 2 is 1.14 bits per heavy atom. The van der Waals surface area contributed by atoms with E-state index in [9.17, 15) is 5.11 Å². The van der Waals surface area contributed by atoms with Crippen molar-refractivity contribution in [1.29, 1.82) is 0 Å². The molecule has 0 saturated carbocycles. The lowest BCUT2D eigenvalue weighted by Crippen LogP contribution is -2.13. The van der Waals surface area contributed by atoms with Crippen molar-refractivity contribution in [3.05, 3.63) is 0 Å². The van der Waals surface area contributed by atoms with Crippen LogP contribution in [0.3, 0.4) is 0 Å². The molecule has 0 heterocycles. The Bertz CT molecular complexity index is 212. The number of hydrogen-bond acceptors (Lipinski definition) is 6. The summed E-state index contributed by atoms with van der Waals surface area (Å²) in [6.45, 7) is 1.40. The molecule has 0 bridgehead atoms. The first kappa shape index (κ1) is 21.2. The third-order valence-electron chi connectivity index (χ3n) is 3.22. The van der Waals surface area contributed by atoms with Crippen molar-refractivity contribution in [2.75, 3.05) is 26.5 Å². The average Bonchev–Trinajstić information content (AvgIpc) is 2.49. The molecule has 0 rings (SSSR count). The van der Waals surface area contributed by atoms with Crippen LogP contribution in [0.15, 0.2) is 0 Å². The van der Waals surface area contributed by atoms with E-state index in [1.807, 2.05) is 0 Å². The van der Waals surface area contributed by atoms with Crippen LogP contribution in [-0.4, -0.2) is 41.9 Å². The van der Waals surface area contributed by atoms with Gasteiger partial charge in [-0.15, -0.1) is 9.05 Å². The molecule has 0 aliphatic carbocycles. The van der Waals surface area contributed by atoms with Crippen LogP contribution < -0.4 is 0 Å². The second-order valence-electron chi connectivity index (χ2n) is 4.93. The summed E-state index contributed by atoms with van der Waals surface area (Å²) in [6.07, 6.45) is 10.4.